The van der Waals surface area contributed by atoms with E-state index in [-0.39, 0.29) is 5.91 Å². The number of ether oxygens (including phenoxy) is 1. The zero-order valence-electron chi connectivity index (χ0n) is 13.8. The van der Waals surface area contributed by atoms with Gasteiger partial charge < -0.3 is 15.4 Å². The Morgan fingerprint density at radius 2 is 1.90 bits per heavy atom. The zero-order chi connectivity index (χ0) is 15.8. The summed E-state index contributed by atoms with van der Waals surface area (Å²) in [6.45, 7) is 10.2. The lowest BCUT2D eigenvalue weighted by atomic mass is 9.94. The Morgan fingerprint density at radius 1 is 1.19 bits per heavy atom. The van der Waals surface area contributed by atoms with Crippen LogP contribution < -0.4 is 10.6 Å². The Labute approximate surface area is 128 Å². The highest BCUT2D eigenvalue weighted by molar-refractivity contribution is 5.93. The van der Waals surface area contributed by atoms with E-state index in [4.69, 9.17) is 4.74 Å². The van der Waals surface area contributed by atoms with E-state index in [0.717, 1.165) is 5.69 Å². The summed E-state index contributed by atoms with van der Waals surface area (Å²) >= 11 is 0. The van der Waals surface area contributed by atoms with E-state index in [1.54, 1.807) is 7.11 Å². The molecule has 0 aromatic heterocycles. The molecule has 0 saturated heterocycles. The third kappa shape index (κ3) is 5.86. The van der Waals surface area contributed by atoms with E-state index in [0.29, 0.717) is 31.5 Å². The van der Waals surface area contributed by atoms with Crippen molar-refractivity contribution in [1.29, 1.82) is 0 Å². The fourth-order valence-corrected chi connectivity index (χ4v) is 2.10. The zero-order valence-corrected chi connectivity index (χ0v) is 13.8. The largest absolute Gasteiger partial charge is 0.383 e. The van der Waals surface area contributed by atoms with Gasteiger partial charge in [-0.2, -0.15) is 0 Å². The second kappa shape index (κ2) is 8.80. The second-order valence-corrected chi connectivity index (χ2v) is 5.87. The van der Waals surface area contributed by atoms with Crippen LogP contribution in [0.2, 0.25) is 0 Å². The smallest absolute Gasteiger partial charge is 0.238 e. The number of hydrogen-bond donors (Lipinski definition) is 2. The minimum Gasteiger partial charge on any atom is -0.383 e. The minimum atomic E-state index is -0.0229. The maximum atomic E-state index is 12.0. The van der Waals surface area contributed by atoms with Gasteiger partial charge in [0, 0.05) is 19.3 Å². The molecule has 4 heteroatoms. The Bertz CT molecular complexity index is 456. The number of nitrogens with one attached hydrogen (secondary N) is 2. The predicted molar refractivity (Wildman–Crippen MR) is 88.0 cm³/mol. The van der Waals surface area contributed by atoms with Crippen LogP contribution in [0.5, 0.6) is 0 Å². The summed E-state index contributed by atoms with van der Waals surface area (Å²) in [5.41, 5.74) is 3.40. The van der Waals surface area contributed by atoms with Crippen LogP contribution in [0.3, 0.4) is 0 Å². The number of carbonyl (C=O) groups excluding carboxylic acids is 1. The van der Waals surface area contributed by atoms with Crippen molar-refractivity contribution >= 4 is 11.6 Å². The van der Waals surface area contributed by atoms with Crippen LogP contribution in [0.1, 0.15) is 50.7 Å². The Kier molecular flexibility index (Phi) is 7.40. The van der Waals surface area contributed by atoms with Gasteiger partial charge in [0.2, 0.25) is 5.91 Å². The van der Waals surface area contributed by atoms with Crippen LogP contribution in [-0.2, 0) is 9.53 Å². The van der Waals surface area contributed by atoms with Gasteiger partial charge >= 0.3 is 0 Å². The molecular formula is C17H28N2O2. The third-order valence-corrected chi connectivity index (χ3v) is 3.41. The fraction of sp³-hybridized carbons (Fsp3) is 0.588. The molecule has 0 unspecified atom stereocenters. The van der Waals surface area contributed by atoms with Crippen LogP contribution in [-0.4, -0.2) is 32.7 Å². The van der Waals surface area contributed by atoms with Crippen LogP contribution in [0.15, 0.2) is 18.2 Å². The molecule has 118 valence electrons. The van der Waals surface area contributed by atoms with Crippen LogP contribution in [0.25, 0.3) is 0 Å². The number of rotatable bonds is 8. The summed E-state index contributed by atoms with van der Waals surface area (Å²) in [5, 5.41) is 6.04. The van der Waals surface area contributed by atoms with E-state index in [9.17, 15) is 4.79 Å². The van der Waals surface area contributed by atoms with E-state index < -0.39 is 0 Å². The number of carbonyl (C=O) groups is 1. The number of methoxy groups -OCH3 is 1. The van der Waals surface area contributed by atoms with Gasteiger partial charge in [0.15, 0.2) is 0 Å². The van der Waals surface area contributed by atoms with Gasteiger partial charge in [0.05, 0.1) is 13.2 Å². The summed E-state index contributed by atoms with van der Waals surface area (Å²) in [6.07, 6.45) is 0. The van der Waals surface area contributed by atoms with Gasteiger partial charge in [0.1, 0.15) is 0 Å². The molecule has 1 rings (SSSR count). The summed E-state index contributed by atoms with van der Waals surface area (Å²) in [6, 6.07) is 6.30. The lowest BCUT2D eigenvalue weighted by Crippen LogP contribution is -2.30. The lowest BCUT2D eigenvalue weighted by molar-refractivity contribution is -0.115. The molecule has 1 aromatic rings. The second-order valence-electron chi connectivity index (χ2n) is 5.87. The normalized spacial score (nSPS) is 11.2. The van der Waals surface area contributed by atoms with Crippen molar-refractivity contribution in [1.82, 2.24) is 5.32 Å². The van der Waals surface area contributed by atoms with E-state index in [1.807, 2.05) is 6.07 Å². The minimum absolute atomic E-state index is 0.0229. The maximum absolute atomic E-state index is 12.0. The quantitative estimate of drug-likeness (QED) is 0.724. The lowest BCUT2D eigenvalue weighted by Gasteiger charge is -2.17. The molecule has 0 saturated carbocycles. The standard InChI is InChI=1S/C17H28N2O2/c1-12(2)14-6-7-16(15(10-14)13(3)4)19-17(20)11-18-8-9-21-5/h6-7,10,12-13,18H,8-9,11H2,1-5H3,(H,19,20). The van der Waals surface area contributed by atoms with Crippen LogP contribution >= 0.6 is 0 Å². The molecule has 1 aromatic carbocycles. The van der Waals surface area contributed by atoms with Gasteiger partial charge in [0.25, 0.3) is 0 Å². The highest BCUT2D eigenvalue weighted by Gasteiger charge is 2.11. The van der Waals surface area contributed by atoms with Crippen molar-refractivity contribution in [3.8, 4) is 0 Å². The molecular weight excluding hydrogens is 264 g/mol. The average Bonchev–Trinajstić information content (AvgIpc) is 2.43. The van der Waals surface area contributed by atoms with Crippen molar-refractivity contribution < 1.29 is 9.53 Å². The van der Waals surface area contributed by atoms with Crippen LogP contribution in [0, 0.1) is 0 Å². The first-order valence-electron chi connectivity index (χ1n) is 7.59. The Hall–Kier alpha value is -1.39. The first-order chi connectivity index (χ1) is 9.95. The molecule has 0 radical (unpaired) electrons. The molecule has 0 heterocycles. The van der Waals surface area contributed by atoms with E-state index >= 15 is 0 Å². The summed E-state index contributed by atoms with van der Waals surface area (Å²) in [7, 11) is 1.65. The number of amides is 1. The summed E-state index contributed by atoms with van der Waals surface area (Å²) in [4.78, 5) is 12.0. The van der Waals surface area contributed by atoms with Crippen molar-refractivity contribution in [2.45, 2.75) is 39.5 Å². The van der Waals surface area contributed by atoms with Crippen molar-refractivity contribution in [3.05, 3.63) is 29.3 Å². The SMILES string of the molecule is COCCNCC(=O)Nc1ccc(C(C)C)cc1C(C)C. The first kappa shape index (κ1) is 17.7. The Morgan fingerprint density at radius 3 is 2.48 bits per heavy atom. The first-order valence-corrected chi connectivity index (χ1v) is 7.59. The molecule has 0 spiro atoms. The molecule has 1 amide bonds. The summed E-state index contributed by atoms with van der Waals surface area (Å²) < 4.78 is 4.93. The molecule has 0 aliphatic carbocycles. The van der Waals surface area contributed by atoms with E-state index in [1.165, 1.54) is 11.1 Å². The van der Waals surface area contributed by atoms with Gasteiger partial charge in [-0.1, -0.05) is 39.8 Å². The average molecular weight is 292 g/mol. The van der Waals surface area contributed by atoms with Gasteiger partial charge in [-0.05, 0) is 29.0 Å². The fourth-order valence-electron chi connectivity index (χ4n) is 2.10. The molecule has 0 fully saturated rings. The van der Waals surface area contributed by atoms with Crippen molar-refractivity contribution in [2.24, 2.45) is 0 Å². The monoisotopic (exact) mass is 292 g/mol. The molecule has 0 aliphatic rings. The molecule has 0 atom stereocenters. The molecule has 4 nitrogen and oxygen atoms in total. The van der Waals surface area contributed by atoms with E-state index in [2.05, 4.69) is 50.5 Å². The molecule has 0 bridgehead atoms. The highest BCUT2D eigenvalue weighted by atomic mass is 16.5. The number of anilines is 1. The number of hydrogen-bond acceptors (Lipinski definition) is 3. The van der Waals surface area contributed by atoms with Crippen molar-refractivity contribution in [2.75, 3.05) is 32.1 Å². The highest BCUT2D eigenvalue weighted by Crippen LogP contribution is 2.28. The molecule has 0 aliphatic heterocycles. The maximum Gasteiger partial charge on any atom is 0.238 e. The summed E-state index contributed by atoms with van der Waals surface area (Å²) in [5.74, 6) is 0.841. The third-order valence-electron chi connectivity index (χ3n) is 3.41. The Balaban J connectivity index is 2.71. The van der Waals surface area contributed by atoms with Crippen molar-refractivity contribution in [3.63, 3.8) is 0 Å². The van der Waals surface area contributed by atoms with Gasteiger partial charge in [-0.3, -0.25) is 4.79 Å². The predicted octanol–water partition coefficient (Wildman–Crippen LogP) is 3.11. The topological polar surface area (TPSA) is 50.4 Å². The molecule has 2 N–H and O–H groups in total. The number of benzene rings is 1. The molecule has 21 heavy (non-hydrogen) atoms. The van der Waals surface area contributed by atoms with Gasteiger partial charge in [-0.15, -0.1) is 0 Å². The van der Waals surface area contributed by atoms with Gasteiger partial charge in [-0.25, -0.2) is 0 Å². The van der Waals surface area contributed by atoms with Crippen LogP contribution in [0.4, 0.5) is 5.69 Å².